The second-order valence-electron chi connectivity index (χ2n) is 5.19. The smallest absolute Gasteiger partial charge is 0.228 e. The van der Waals surface area contributed by atoms with Gasteiger partial charge in [0, 0.05) is 30.2 Å². The summed E-state index contributed by atoms with van der Waals surface area (Å²) in [5.41, 5.74) is 9.28. The largest absolute Gasteiger partial charge is 0.399 e. The first-order valence-electron chi connectivity index (χ1n) is 7.61. The number of carbonyl (C=O) groups excluding carboxylic acids is 1. The molecule has 0 atom stereocenters. The van der Waals surface area contributed by atoms with Gasteiger partial charge in [0.25, 0.3) is 0 Å². The number of nitrogens with zero attached hydrogens (tertiary/aromatic N) is 1. The Balaban J connectivity index is 1.95. The Hall–Kier alpha value is -2.49. The third kappa shape index (κ3) is 4.25. The van der Waals surface area contributed by atoms with E-state index >= 15 is 0 Å². The summed E-state index contributed by atoms with van der Waals surface area (Å²) in [5.74, 6) is -0.0274. The van der Waals surface area contributed by atoms with Gasteiger partial charge in [0.1, 0.15) is 0 Å². The molecule has 0 unspecified atom stereocenters. The normalized spacial score (nSPS) is 10.3. The fourth-order valence-corrected chi connectivity index (χ4v) is 2.37. The molecule has 0 bridgehead atoms. The van der Waals surface area contributed by atoms with E-state index < -0.39 is 0 Å². The minimum absolute atomic E-state index is 0.0274. The van der Waals surface area contributed by atoms with E-state index in [1.54, 1.807) is 0 Å². The van der Waals surface area contributed by atoms with Crippen molar-refractivity contribution in [2.75, 3.05) is 29.0 Å². The van der Waals surface area contributed by atoms with Crippen molar-refractivity contribution in [1.29, 1.82) is 0 Å². The van der Waals surface area contributed by atoms with E-state index in [4.69, 9.17) is 5.73 Å². The second kappa shape index (κ2) is 7.50. The van der Waals surface area contributed by atoms with Gasteiger partial charge in [-0.2, -0.15) is 0 Å². The number of hydrogen-bond donors (Lipinski definition) is 2. The van der Waals surface area contributed by atoms with Crippen molar-refractivity contribution in [3.8, 4) is 0 Å². The molecule has 2 aromatic carbocycles. The third-order valence-electron chi connectivity index (χ3n) is 3.62. The number of benzene rings is 2. The summed E-state index contributed by atoms with van der Waals surface area (Å²) in [5, 5.41) is 2.92. The van der Waals surface area contributed by atoms with Gasteiger partial charge in [0.2, 0.25) is 5.91 Å². The van der Waals surface area contributed by atoms with Gasteiger partial charge in [0.05, 0.1) is 6.42 Å². The molecule has 0 heterocycles. The fourth-order valence-electron chi connectivity index (χ4n) is 2.37. The van der Waals surface area contributed by atoms with E-state index in [0.29, 0.717) is 12.1 Å². The topological polar surface area (TPSA) is 58.4 Å². The maximum atomic E-state index is 12.0. The Kier molecular flexibility index (Phi) is 5.42. The third-order valence-corrected chi connectivity index (χ3v) is 3.62. The standard InChI is InChI=1S/C18H23N3O/c1-3-21(4-2)17-11-9-16(10-12-17)20-18(22)13-14-5-7-15(19)8-6-14/h5-12H,3-4,13,19H2,1-2H3,(H,20,22). The van der Waals surface area contributed by atoms with Crippen LogP contribution < -0.4 is 16.0 Å². The minimum atomic E-state index is -0.0274. The van der Waals surface area contributed by atoms with E-state index in [2.05, 4.69) is 24.1 Å². The molecule has 0 aliphatic heterocycles. The summed E-state index contributed by atoms with van der Waals surface area (Å²) < 4.78 is 0. The van der Waals surface area contributed by atoms with Gasteiger partial charge >= 0.3 is 0 Å². The van der Waals surface area contributed by atoms with Gasteiger partial charge in [-0.3, -0.25) is 4.79 Å². The van der Waals surface area contributed by atoms with Crippen molar-refractivity contribution in [3.63, 3.8) is 0 Å². The van der Waals surface area contributed by atoms with Gasteiger partial charge in [-0.05, 0) is 55.8 Å². The first-order chi connectivity index (χ1) is 10.6. The lowest BCUT2D eigenvalue weighted by Crippen LogP contribution is -2.21. The molecule has 1 amide bonds. The Morgan fingerprint density at radius 2 is 1.59 bits per heavy atom. The number of hydrogen-bond acceptors (Lipinski definition) is 3. The number of nitrogens with two attached hydrogens (primary N) is 1. The van der Waals surface area contributed by atoms with E-state index in [-0.39, 0.29) is 5.91 Å². The SMILES string of the molecule is CCN(CC)c1ccc(NC(=O)Cc2ccc(N)cc2)cc1. The summed E-state index contributed by atoms with van der Waals surface area (Å²) in [6, 6.07) is 15.3. The predicted octanol–water partition coefficient (Wildman–Crippen LogP) is 3.30. The molecule has 116 valence electrons. The van der Waals surface area contributed by atoms with E-state index in [1.807, 2.05) is 48.5 Å². The first kappa shape index (κ1) is 15.9. The maximum Gasteiger partial charge on any atom is 0.228 e. The molecule has 0 fully saturated rings. The number of amides is 1. The zero-order valence-electron chi connectivity index (χ0n) is 13.2. The Morgan fingerprint density at radius 1 is 1.00 bits per heavy atom. The van der Waals surface area contributed by atoms with Crippen LogP contribution in [0.3, 0.4) is 0 Å². The summed E-state index contributed by atoms with van der Waals surface area (Å²) in [6.45, 7) is 6.20. The van der Waals surface area contributed by atoms with Crippen LogP contribution in [-0.2, 0) is 11.2 Å². The molecule has 0 radical (unpaired) electrons. The molecule has 0 spiro atoms. The molecule has 0 aliphatic rings. The number of nitrogens with one attached hydrogen (secondary N) is 1. The van der Waals surface area contributed by atoms with Crippen molar-refractivity contribution >= 4 is 23.0 Å². The summed E-state index contributed by atoms with van der Waals surface area (Å²) in [7, 11) is 0. The fraction of sp³-hybridized carbons (Fsp3) is 0.278. The molecule has 0 aliphatic carbocycles. The van der Waals surface area contributed by atoms with Crippen LogP contribution in [0.2, 0.25) is 0 Å². The van der Waals surface area contributed by atoms with E-state index in [1.165, 1.54) is 5.69 Å². The average Bonchev–Trinajstić information content (AvgIpc) is 2.52. The lowest BCUT2D eigenvalue weighted by atomic mass is 10.1. The van der Waals surface area contributed by atoms with Crippen LogP contribution in [-0.4, -0.2) is 19.0 Å². The predicted molar refractivity (Wildman–Crippen MR) is 93.2 cm³/mol. The minimum Gasteiger partial charge on any atom is -0.399 e. The van der Waals surface area contributed by atoms with Gasteiger partial charge < -0.3 is 16.0 Å². The highest BCUT2D eigenvalue weighted by Gasteiger charge is 2.05. The number of nitrogen functional groups attached to an aromatic ring is 1. The highest BCUT2D eigenvalue weighted by atomic mass is 16.1. The lowest BCUT2D eigenvalue weighted by molar-refractivity contribution is -0.115. The molecule has 2 aromatic rings. The van der Waals surface area contributed by atoms with Crippen LogP contribution in [0.5, 0.6) is 0 Å². The highest BCUT2D eigenvalue weighted by molar-refractivity contribution is 5.92. The van der Waals surface area contributed by atoms with Crippen molar-refractivity contribution in [3.05, 3.63) is 54.1 Å². The van der Waals surface area contributed by atoms with Gasteiger partial charge in [0.15, 0.2) is 0 Å². The van der Waals surface area contributed by atoms with Crippen LogP contribution in [0, 0.1) is 0 Å². The Bertz CT molecular complexity index is 601. The maximum absolute atomic E-state index is 12.0. The van der Waals surface area contributed by atoms with Crippen LogP contribution >= 0.6 is 0 Å². The van der Waals surface area contributed by atoms with Gasteiger partial charge in [-0.25, -0.2) is 0 Å². The quantitative estimate of drug-likeness (QED) is 0.804. The Labute approximate surface area is 131 Å². The first-order valence-corrected chi connectivity index (χ1v) is 7.61. The van der Waals surface area contributed by atoms with Crippen molar-refractivity contribution in [2.24, 2.45) is 0 Å². The molecule has 0 saturated carbocycles. The van der Waals surface area contributed by atoms with Crippen LogP contribution in [0.15, 0.2) is 48.5 Å². The lowest BCUT2D eigenvalue weighted by Gasteiger charge is -2.21. The zero-order chi connectivity index (χ0) is 15.9. The highest BCUT2D eigenvalue weighted by Crippen LogP contribution is 2.18. The van der Waals surface area contributed by atoms with Crippen molar-refractivity contribution in [1.82, 2.24) is 0 Å². The molecular weight excluding hydrogens is 274 g/mol. The summed E-state index contributed by atoms with van der Waals surface area (Å²) in [4.78, 5) is 14.3. The monoisotopic (exact) mass is 297 g/mol. The van der Waals surface area contributed by atoms with Crippen LogP contribution in [0.4, 0.5) is 17.1 Å². The van der Waals surface area contributed by atoms with Crippen molar-refractivity contribution < 1.29 is 4.79 Å². The molecule has 0 saturated heterocycles. The van der Waals surface area contributed by atoms with Crippen LogP contribution in [0.1, 0.15) is 19.4 Å². The summed E-state index contributed by atoms with van der Waals surface area (Å²) in [6.07, 6.45) is 0.345. The molecule has 22 heavy (non-hydrogen) atoms. The number of carbonyl (C=O) groups is 1. The zero-order valence-corrected chi connectivity index (χ0v) is 13.2. The van der Waals surface area contributed by atoms with Gasteiger partial charge in [-0.1, -0.05) is 12.1 Å². The molecule has 0 aromatic heterocycles. The number of anilines is 3. The van der Waals surface area contributed by atoms with E-state index in [9.17, 15) is 4.79 Å². The van der Waals surface area contributed by atoms with E-state index in [0.717, 1.165) is 24.3 Å². The van der Waals surface area contributed by atoms with Gasteiger partial charge in [-0.15, -0.1) is 0 Å². The Morgan fingerprint density at radius 3 is 2.14 bits per heavy atom. The molecule has 2 rings (SSSR count). The molecule has 4 nitrogen and oxygen atoms in total. The summed E-state index contributed by atoms with van der Waals surface area (Å²) >= 11 is 0. The molecular formula is C18H23N3O. The van der Waals surface area contributed by atoms with Crippen LogP contribution in [0.25, 0.3) is 0 Å². The average molecular weight is 297 g/mol. The van der Waals surface area contributed by atoms with Crippen molar-refractivity contribution in [2.45, 2.75) is 20.3 Å². The number of rotatable bonds is 6. The second-order valence-corrected chi connectivity index (χ2v) is 5.19. The molecule has 3 N–H and O–H groups in total. The molecule has 4 heteroatoms.